The van der Waals surface area contributed by atoms with Gasteiger partial charge in [0.25, 0.3) is 0 Å². The molecule has 2 heterocycles. The van der Waals surface area contributed by atoms with Crippen molar-refractivity contribution in [1.29, 1.82) is 0 Å². The molecule has 0 radical (unpaired) electrons. The number of rotatable bonds is 3. The van der Waals surface area contributed by atoms with Crippen molar-refractivity contribution >= 4 is 16.2 Å². The number of nitrogens with zero attached hydrogens (tertiary/aromatic N) is 2. The number of hydrogen-bond acceptors (Lipinski definition) is 3. The number of imidazole rings is 1. The Balaban J connectivity index is 1.64. The van der Waals surface area contributed by atoms with Gasteiger partial charge in [-0.15, -0.1) is 11.3 Å². The van der Waals surface area contributed by atoms with E-state index < -0.39 is 18.2 Å². The molecule has 0 aliphatic heterocycles. The molecule has 2 aromatic rings. The molecule has 2 aliphatic carbocycles. The maximum absolute atomic E-state index is 13.0. The molecule has 0 saturated heterocycles. The predicted octanol–water partition coefficient (Wildman–Crippen LogP) is 4.68. The summed E-state index contributed by atoms with van der Waals surface area (Å²) in [5.74, 6) is -1.14. The van der Waals surface area contributed by atoms with Crippen molar-refractivity contribution in [2.75, 3.05) is 0 Å². The first-order valence-electron chi connectivity index (χ1n) is 8.14. The van der Waals surface area contributed by atoms with Crippen LogP contribution in [0.1, 0.15) is 61.1 Å². The molecule has 23 heavy (non-hydrogen) atoms. The summed E-state index contributed by atoms with van der Waals surface area (Å²) in [4.78, 5) is 6.21. The third kappa shape index (κ3) is 2.78. The van der Waals surface area contributed by atoms with Crippen LogP contribution in [0.25, 0.3) is 4.83 Å². The van der Waals surface area contributed by atoms with Crippen molar-refractivity contribution in [3.63, 3.8) is 0 Å². The largest absolute Gasteiger partial charge is 0.391 e. The van der Waals surface area contributed by atoms with Crippen LogP contribution in [0.4, 0.5) is 13.2 Å². The molecule has 0 aromatic carbocycles. The zero-order valence-corrected chi connectivity index (χ0v) is 13.4. The Labute approximate surface area is 136 Å². The molecule has 2 saturated carbocycles. The second-order valence-electron chi connectivity index (χ2n) is 6.84. The maximum Gasteiger partial charge on any atom is 0.391 e. The molecule has 0 bridgehead atoms. The number of halogens is 3. The van der Waals surface area contributed by atoms with Gasteiger partial charge in [0, 0.05) is 4.88 Å². The number of aliphatic hydroxyl groups is 1. The van der Waals surface area contributed by atoms with Gasteiger partial charge in [0.2, 0.25) is 0 Å². The van der Waals surface area contributed by atoms with Crippen LogP contribution < -0.4 is 0 Å². The highest BCUT2D eigenvalue weighted by Gasteiger charge is 2.44. The SMILES string of the molecule is OC(c1c(C2CC2)sc2cncn12)C1CCCC(C(F)(F)F)C1. The van der Waals surface area contributed by atoms with E-state index in [0.717, 1.165) is 28.2 Å². The van der Waals surface area contributed by atoms with Crippen LogP contribution in [0.15, 0.2) is 12.5 Å². The molecule has 0 amide bonds. The number of alkyl halides is 3. The monoisotopic (exact) mass is 344 g/mol. The molecule has 4 rings (SSSR count). The van der Waals surface area contributed by atoms with Crippen LogP contribution >= 0.6 is 11.3 Å². The first-order chi connectivity index (χ1) is 10.9. The Morgan fingerprint density at radius 3 is 2.74 bits per heavy atom. The Morgan fingerprint density at radius 1 is 1.26 bits per heavy atom. The van der Waals surface area contributed by atoms with Crippen molar-refractivity contribution in [1.82, 2.24) is 9.38 Å². The quantitative estimate of drug-likeness (QED) is 0.878. The number of hydrogen-bond donors (Lipinski definition) is 1. The molecule has 7 heteroatoms. The lowest BCUT2D eigenvalue weighted by molar-refractivity contribution is -0.189. The Bertz CT molecular complexity index is 704. The van der Waals surface area contributed by atoms with Crippen molar-refractivity contribution in [3.8, 4) is 0 Å². The molecule has 1 N–H and O–H groups in total. The summed E-state index contributed by atoms with van der Waals surface area (Å²) in [7, 11) is 0. The molecular weight excluding hydrogens is 325 g/mol. The zero-order chi connectivity index (χ0) is 16.2. The minimum absolute atomic E-state index is 0.0286. The number of thiazole rings is 1. The van der Waals surface area contributed by atoms with Crippen LogP contribution in [0.2, 0.25) is 0 Å². The van der Waals surface area contributed by atoms with E-state index in [1.807, 2.05) is 4.40 Å². The van der Waals surface area contributed by atoms with E-state index in [2.05, 4.69) is 4.98 Å². The summed E-state index contributed by atoms with van der Waals surface area (Å²) in [5.41, 5.74) is 0.790. The second kappa shape index (κ2) is 5.48. The minimum Gasteiger partial charge on any atom is -0.387 e. The average Bonchev–Trinajstić information content (AvgIpc) is 3.15. The molecule has 0 spiro atoms. The summed E-state index contributed by atoms with van der Waals surface area (Å²) in [6.07, 6.45) is 2.04. The molecule has 3 unspecified atom stereocenters. The standard InChI is InChI=1S/C16H19F3N2OS/c17-16(18,19)11-3-1-2-10(6-11)14(22)13-15(9-4-5-9)23-12-7-20-8-21(12)13/h7-11,14,22H,1-6H2. The molecule has 2 fully saturated rings. The maximum atomic E-state index is 13.0. The van der Waals surface area contributed by atoms with Gasteiger partial charge < -0.3 is 5.11 Å². The number of aromatic nitrogens is 2. The van der Waals surface area contributed by atoms with E-state index >= 15 is 0 Å². The van der Waals surface area contributed by atoms with Crippen molar-refractivity contribution < 1.29 is 18.3 Å². The lowest BCUT2D eigenvalue weighted by Gasteiger charge is -2.33. The van der Waals surface area contributed by atoms with Gasteiger partial charge in [0.1, 0.15) is 11.2 Å². The molecule has 3 atom stereocenters. The number of fused-ring (bicyclic) bond motifs is 1. The van der Waals surface area contributed by atoms with Gasteiger partial charge in [-0.1, -0.05) is 6.42 Å². The zero-order valence-electron chi connectivity index (χ0n) is 12.6. The topological polar surface area (TPSA) is 37.5 Å². The van der Waals surface area contributed by atoms with E-state index in [1.165, 1.54) is 0 Å². The predicted molar refractivity (Wildman–Crippen MR) is 81.5 cm³/mol. The average molecular weight is 344 g/mol. The lowest BCUT2D eigenvalue weighted by atomic mass is 9.77. The smallest absolute Gasteiger partial charge is 0.387 e. The lowest BCUT2D eigenvalue weighted by Crippen LogP contribution is -2.31. The minimum atomic E-state index is -4.16. The van der Waals surface area contributed by atoms with Gasteiger partial charge in [-0.05, 0) is 43.9 Å². The highest BCUT2D eigenvalue weighted by Crippen LogP contribution is 2.50. The van der Waals surface area contributed by atoms with Crippen LogP contribution in [0.5, 0.6) is 0 Å². The van der Waals surface area contributed by atoms with E-state index in [-0.39, 0.29) is 18.8 Å². The normalized spacial score (nSPS) is 27.5. The second-order valence-corrected chi connectivity index (χ2v) is 7.90. The summed E-state index contributed by atoms with van der Waals surface area (Å²) >= 11 is 1.62. The van der Waals surface area contributed by atoms with Crippen molar-refractivity contribution in [2.45, 2.75) is 56.7 Å². The van der Waals surface area contributed by atoms with E-state index in [1.54, 1.807) is 23.9 Å². The summed E-state index contributed by atoms with van der Waals surface area (Å²) in [5, 5.41) is 10.9. The summed E-state index contributed by atoms with van der Waals surface area (Å²) < 4.78 is 41.0. The van der Waals surface area contributed by atoms with E-state index in [4.69, 9.17) is 0 Å². The summed E-state index contributed by atoms with van der Waals surface area (Å²) in [6.45, 7) is 0. The van der Waals surface area contributed by atoms with Gasteiger partial charge in [-0.3, -0.25) is 4.40 Å². The Hall–Kier alpha value is -1.08. The van der Waals surface area contributed by atoms with Crippen LogP contribution in [-0.2, 0) is 0 Å². The molecule has 3 nitrogen and oxygen atoms in total. The molecule has 2 aromatic heterocycles. The number of aliphatic hydroxyl groups excluding tert-OH is 1. The van der Waals surface area contributed by atoms with Crippen LogP contribution in [-0.4, -0.2) is 20.7 Å². The summed E-state index contributed by atoms with van der Waals surface area (Å²) in [6, 6.07) is 0. The van der Waals surface area contributed by atoms with Gasteiger partial charge in [0.15, 0.2) is 0 Å². The van der Waals surface area contributed by atoms with Gasteiger partial charge in [-0.2, -0.15) is 13.2 Å². The third-order valence-corrected chi connectivity index (χ3v) is 6.46. The first kappa shape index (κ1) is 15.4. The molecule has 2 aliphatic rings. The fraction of sp³-hybridized carbons (Fsp3) is 0.688. The highest BCUT2D eigenvalue weighted by molar-refractivity contribution is 7.17. The molecular formula is C16H19F3N2OS. The van der Waals surface area contributed by atoms with Gasteiger partial charge in [-0.25, -0.2) is 4.98 Å². The Morgan fingerprint density at radius 2 is 2.04 bits per heavy atom. The van der Waals surface area contributed by atoms with E-state index in [9.17, 15) is 18.3 Å². The van der Waals surface area contributed by atoms with Crippen LogP contribution in [0.3, 0.4) is 0 Å². The molecule has 126 valence electrons. The fourth-order valence-corrected chi connectivity index (χ4v) is 5.09. The van der Waals surface area contributed by atoms with E-state index in [0.29, 0.717) is 18.8 Å². The highest BCUT2D eigenvalue weighted by atomic mass is 32.1. The fourth-order valence-electron chi connectivity index (χ4n) is 3.78. The van der Waals surface area contributed by atoms with Gasteiger partial charge >= 0.3 is 6.18 Å². The Kier molecular flexibility index (Phi) is 3.68. The first-order valence-corrected chi connectivity index (χ1v) is 8.96. The van der Waals surface area contributed by atoms with Crippen LogP contribution in [0, 0.1) is 11.8 Å². The third-order valence-electron chi connectivity index (χ3n) is 5.18. The van der Waals surface area contributed by atoms with Crippen molar-refractivity contribution in [2.24, 2.45) is 11.8 Å². The van der Waals surface area contributed by atoms with Crippen molar-refractivity contribution in [3.05, 3.63) is 23.1 Å². The van der Waals surface area contributed by atoms with Gasteiger partial charge in [0.05, 0.1) is 23.9 Å².